The van der Waals surface area contributed by atoms with Gasteiger partial charge < -0.3 is 10.6 Å². The van der Waals surface area contributed by atoms with Crippen molar-refractivity contribution in [1.82, 2.24) is 5.32 Å². The Kier molecular flexibility index (Phi) is 4.55. The summed E-state index contributed by atoms with van der Waals surface area (Å²) in [5.41, 5.74) is 2.88. The van der Waals surface area contributed by atoms with Gasteiger partial charge in [0.05, 0.1) is 4.90 Å². The van der Waals surface area contributed by atoms with Gasteiger partial charge >= 0.3 is 6.03 Å². The molecule has 0 unspecified atom stereocenters. The van der Waals surface area contributed by atoms with Gasteiger partial charge in [-0.2, -0.15) is 0 Å². The third kappa shape index (κ3) is 4.33. The first-order valence-electron chi connectivity index (χ1n) is 7.68. The van der Waals surface area contributed by atoms with Gasteiger partial charge in [-0.05, 0) is 54.2 Å². The van der Waals surface area contributed by atoms with Gasteiger partial charge in [0.2, 0.25) is 10.0 Å². The van der Waals surface area contributed by atoms with E-state index in [1.54, 1.807) is 0 Å². The van der Waals surface area contributed by atoms with E-state index in [1.807, 2.05) is 12.1 Å². The van der Waals surface area contributed by atoms with Crippen LogP contribution in [-0.2, 0) is 16.6 Å². The van der Waals surface area contributed by atoms with Crippen LogP contribution in [-0.4, -0.2) is 14.4 Å². The number of nitrogens with two attached hydrogens (primary N) is 1. The maximum atomic E-state index is 11.9. The number of anilines is 1. The number of nitrogens with one attached hydrogen (secondary N) is 2. The Labute approximate surface area is 141 Å². The van der Waals surface area contributed by atoms with Crippen LogP contribution in [0.4, 0.5) is 10.5 Å². The number of hydrogen-bond donors (Lipinski definition) is 3. The third-order valence-electron chi connectivity index (χ3n) is 3.92. The van der Waals surface area contributed by atoms with Gasteiger partial charge in [0, 0.05) is 12.2 Å². The number of benzene rings is 2. The lowest BCUT2D eigenvalue weighted by molar-refractivity contribution is 0.251. The summed E-state index contributed by atoms with van der Waals surface area (Å²) in [7, 11) is -3.73. The van der Waals surface area contributed by atoms with E-state index in [9.17, 15) is 13.2 Å². The molecule has 4 N–H and O–H groups in total. The first-order valence-corrected chi connectivity index (χ1v) is 9.23. The second-order valence-corrected chi connectivity index (χ2v) is 7.45. The zero-order valence-electron chi connectivity index (χ0n) is 13.0. The van der Waals surface area contributed by atoms with Crippen LogP contribution in [0, 0.1) is 0 Å². The summed E-state index contributed by atoms with van der Waals surface area (Å²) in [4.78, 5) is 11.9. The summed E-state index contributed by atoms with van der Waals surface area (Å²) in [6.07, 6.45) is 2.54. The number of sulfonamides is 1. The molecule has 1 fully saturated rings. The molecule has 0 aliphatic heterocycles. The number of amides is 2. The van der Waals surface area contributed by atoms with Crippen LogP contribution in [0.25, 0.3) is 0 Å². The molecule has 1 aliphatic carbocycles. The molecule has 0 radical (unpaired) electrons. The van der Waals surface area contributed by atoms with Gasteiger partial charge in [-0.15, -0.1) is 0 Å². The molecule has 0 saturated heterocycles. The highest BCUT2D eigenvalue weighted by atomic mass is 32.2. The van der Waals surface area contributed by atoms with E-state index in [0.29, 0.717) is 12.2 Å². The molecule has 0 bridgehead atoms. The minimum Gasteiger partial charge on any atom is -0.334 e. The fourth-order valence-electron chi connectivity index (χ4n) is 2.41. The molecular formula is C17H19N3O3S. The molecule has 126 valence electrons. The SMILES string of the molecule is NS(=O)(=O)c1ccc(NC(=O)NCc2ccc(C3CC3)cc2)cc1. The maximum Gasteiger partial charge on any atom is 0.319 e. The topological polar surface area (TPSA) is 101 Å². The second kappa shape index (κ2) is 6.62. The highest BCUT2D eigenvalue weighted by Gasteiger charge is 2.22. The zero-order chi connectivity index (χ0) is 17.2. The highest BCUT2D eigenvalue weighted by Crippen LogP contribution is 2.39. The summed E-state index contributed by atoms with van der Waals surface area (Å²) in [6.45, 7) is 0.423. The van der Waals surface area contributed by atoms with Crippen molar-refractivity contribution >= 4 is 21.7 Å². The van der Waals surface area contributed by atoms with E-state index in [-0.39, 0.29) is 10.9 Å². The van der Waals surface area contributed by atoms with Gasteiger partial charge in [-0.3, -0.25) is 0 Å². The van der Waals surface area contributed by atoms with Crippen molar-refractivity contribution in [3.05, 3.63) is 59.7 Å². The summed E-state index contributed by atoms with van der Waals surface area (Å²) in [5, 5.41) is 10.4. The molecule has 0 heterocycles. The summed E-state index contributed by atoms with van der Waals surface area (Å²) >= 11 is 0. The number of primary sulfonamides is 1. The van der Waals surface area contributed by atoms with Crippen molar-refractivity contribution < 1.29 is 13.2 Å². The molecule has 0 aromatic heterocycles. The molecule has 2 amide bonds. The Morgan fingerprint density at radius 3 is 2.21 bits per heavy atom. The van der Waals surface area contributed by atoms with Crippen molar-refractivity contribution in [2.75, 3.05) is 5.32 Å². The molecule has 2 aromatic rings. The van der Waals surface area contributed by atoms with Crippen molar-refractivity contribution in [2.24, 2.45) is 5.14 Å². The van der Waals surface area contributed by atoms with Gasteiger partial charge in [0.25, 0.3) is 0 Å². The number of rotatable bonds is 5. The largest absolute Gasteiger partial charge is 0.334 e. The van der Waals surface area contributed by atoms with Crippen LogP contribution in [0.3, 0.4) is 0 Å². The molecule has 1 saturated carbocycles. The molecular weight excluding hydrogens is 326 g/mol. The third-order valence-corrected chi connectivity index (χ3v) is 4.85. The molecule has 1 aliphatic rings. The molecule has 6 nitrogen and oxygen atoms in total. The molecule has 7 heteroatoms. The smallest absolute Gasteiger partial charge is 0.319 e. The van der Waals surface area contributed by atoms with E-state index >= 15 is 0 Å². The molecule has 24 heavy (non-hydrogen) atoms. The van der Waals surface area contributed by atoms with Crippen molar-refractivity contribution in [2.45, 2.75) is 30.2 Å². The molecule has 0 atom stereocenters. The lowest BCUT2D eigenvalue weighted by atomic mass is 10.1. The average molecular weight is 345 g/mol. The summed E-state index contributed by atoms with van der Waals surface area (Å²) < 4.78 is 22.3. The van der Waals surface area contributed by atoms with E-state index in [1.165, 1.54) is 42.7 Å². The monoisotopic (exact) mass is 345 g/mol. The maximum absolute atomic E-state index is 11.9. The summed E-state index contributed by atoms with van der Waals surface area (Å²) in [5.74, 6) is 0.718. The lowest BCUT2D eigenvalue weighted by Gasteiger charge is -2.09. The first-order chi connectivity index (χ1) is 11.4. The normalized spacial score (nSPS) is 14.2. The Morgan fingerprint density at radius 1 is 1.04 bits per heavy atom. The summed E-state index contributed by atoms with van der Waals surface area (Å²) in [6, 6.07) is 13.6. The molecule has 3 rings (SSSR count). The predicted octanol–water partition coefficient (Wildman–Crippen LogP) is 2.53. The fraction of sp³-hybridized carbons (Fsp3) is 0.235. The lowest BCUT2D eigenvalue weighted by Crippen LogP contribution is -2.28. The number of carbonyl (C=O) groups is 1. The van der Waals surface area contributed by atoms with Gasteiger partial charge in [0.1, 0.15) is 0 Å². The second-order valence-electron chi connectivity index (χ2n) is 5.89. The van der Waals surface area contributed by atoms with Gasteiger partial charge in [-0.1, -0.05) is 24.3 Å². The standard InChI is InChI=1S/C17H19N3O3S/c18-24(22,23)16-9-7-15(8-10-16)20-17(21)19-11-12-1-3-13(4-2-12)14-5-6-14/h1-4,7-10,14H,5-6,11H2,(H2,18,22,23)(H2,19,20,21). The first kappa shape index (κ1) is 16.5. The van der Waals surface area contributed by atoms with Gasteiger partial charge in [-0.25, -0.2) is 18.4 Å². The quantitative estimate of drug-likeness (QED) is 0.776. The Morgan fingerprint density at radius 2 is 1.67 bits per heavy atom. The van der Waals surface area contributed by atoms with E-state index < -0.39 is 10.0 Å². The Hall–Kier alpha value is -2.38. The van der Waals surface area contributed by atoms with Crippen molar-refractivity contribution in [1.29, 1.82) is 0 Å². The van der Waals surface area contributed by atoms with E-state index in [0.717, 1.165) is 11.5 Å². The molecule has 0 spiro atoms. The predicted molar refractivity (Wildman–Crippen MR) is 92.1 cm³/mol. The van der Waals surface area contributed by atoms with Crippen molar-refractivity contribution in [3.63, 3.8) is 0 Å². The van der Waals surface area contributed by atoms with Crippen LogP contribution in [0.5, 0.6) is 0 Å². The zero-order valence-corrected chi connectivity index (χ0v) is 13.8. The number of urea groups is 1. The van der Waals surface area contributed by atoms with Crippen LogP contribution >= 0.6 is 0 Å². The Bertz CT molecular complexity index is 826. The van der Waals surface area contributed by atoms with Crippen LogP contribution in [0.1, 0.15) is 29.9 Å². The van der Waals surface area contributed by atoms with Crippen LogP contribution in [0.15, 0.2) is 53.4 Å². The average Bonchev–Trinajstić information content (AvgIpc) is 3.38. The van der Waals surface area contributed by atoms with E-state index in [4.69, 9.17) is 5.14 Å². The van der Waals surface area contributed by atoms with E-state index in [2.05, 4.69) is 22.8 Å². The highest BCUT2D eigenvalue weighted by molar-refractivity contribution is 7.89. The minimum absolute atomic E-state index is 0.00390. The molecule has 2 aromatic carbocycles. The number of hydrogen-bond acceptors (Lipinski definition) is 3. The fourth-order valence-corrected chi connectivity index (χ4v) is 2.93. The van der Waals surface area contributed by atoms with Crippen LogP contribution in [0.2, 0.25) is 0 Å². The number of carbonyl (C=O) groups excluding carboxylic acids is 1. The van der Waals surface area contributed by atoms with Crippen LogP contribution < -0.4 is 15.8 Å². The van der Waals surface area contributed by atoms with Crippen molar-refractivity contribution in [3.8, 4) is 0 Å². The minimum atomic E-state index is -3.73. The Balaban J connectivity index is 1.51. The van der Waals surface area contributed by atoms with Gasteiger partial charge in [0.15, 0.2) is 0 Å².